The number of aliphatic hydroxyl groups is 15. The van der Waals surface area contributed by atoms with Gasteiger partial charge < -0.3 is 124 Å². The van der Waals surface area contributed by atoms with Crippen molar-refractivity contribution in [2.45, 2.75) is 267 Å². The van der Waals surface area contributed by atoms with Crippen molar-refractivity contribution in [1.82, 2.24) is 0 Å². The zero-order valence-corrected chi connectivity index (χ0v) is 49.1. The Morgan fingerprint density at radius 2 is 1.15 bits per heavy atom. The van der Waals surface area contributed by atoms with Crippen molar-refractivity contribution in [2.24, 2.45) is 50.2 Å². The Hall–Kier alpha value is -1.75. The number of hydrogen-bond acceptors (Lipinski definition) is 26. The molecule has 26 nitrogen and oxygen atoms in total. The van der Waals surface area contributed by atoms with Gasteiger partial charge in [-0.1, -0.05) is 60.1 Å². The monoisotopic (exact) mass is 1210 g/mol. The molecule has 32 atom stereocenters. The van der Waals surface area contributed by atoms with Gasteiger partial charge in [-0.2, -0.15) is 0 Å². The Morgan fingerprint density at radius 3 is 1.85 bits per heavy atom. The van der Waals surface area contributed by atoms with Crippen LogP contribution >= 0.6 is 0 Å². The topological polar surface area (TPSA) is 413 Å². The quantitative estimate of drug-likeness (QED) is 0.0528. The lowest BCUT2D eigenvalue weighted by molar-refractivity contribution is -0.365. The second-order valence-corrected chi connectivity index (χ2v) is 28.2. The van der Waals surface area contributed by atoms with E-state index in [-0.39, 0.29) is 42.1 Å². The van der Waals surface area contributed by atoms with Crippen LogP contribution in [0, 0.1) is 50.2 Å². The van der Waals surface area contributed by atoms with Crippen LogP contribution in [0.4, 0.5) is 0 Å². The molecule has 482 valence electrons. The second kappa shape index (κ2) is 23.8. The van der Waals surface area contributed by atoms with Gasteiger partial charge >= 0.3 is 5.97 Å². The number of ether oxygens (including phenoxy) is 10. The van der Waals surface area contributed by atoms with Crippen molar-refractivity contribution < 1.29 is 129 Å². The van der Waals surface area contributed by atoms with E-state index in [1.165, 1.54) is 6.92 Å². The van der Waals surface area contributed by atoms with Gasteiger partial charge in [0.15, 0.2) is 31.3 Å². The maximum atomic E-state index is 15.6. The molecular formula is C58H94O26. The molecule has 10 aliphatic rings. The van der Waals surface area contributed by atoms with E-state index in [0.717, 1.165) is 24.8 Å². The fourth-order valence-corrected chi connectivity index (χ4v) is 17.3. The third kappa shape index (κ3) is 10.7. The minimum absolute atomic E-state index is 0.0925. The van der Waals surface area contributed by atoms with Crippen molar-refractivity contribution in [3.05, 3.63) is 11.6 Å². The van der Waals surface area contributed by atoms with E-state index >= 15 is 4.79 Å². The predicted octanol–water partition coefficient (Wildman–Crippen LogP) is -2.93. The van der Waals surface area contributed by atoms with E-state index in [9.17, 15) is 76.6 Å². The molecule has 5 aliphatic heterocycles. The van der Waals surface area contributed by atoms with E-state index in [2.05, 4.69) is 40.7 Å². The largest absolute Gasteiger partial charge is 0.432 e. The Kier molecular flexibility index (Phi) is 18.5. The number of carbonyl (C=O) groups is 1. The number of allylic oxidation sites excluding steroid dienone is 1. The van der Waals surface area contributed by atoms with Crippen molar-refractivity contribution in [2.75, 3.05) is 26.4 Å². The molecule has 0 amide bonds. The van der Waals surface area contributed by atoms with Crippen LogP contribution in [-0.2, 0) is 52.2 Å². The van der Waals surface area contributed by atoms with Crippen molar-refractivity contribution in [3.8, 4) is 0 Å². The zero-order valence-electron chi connectivity index (χ0n) is 49.1. The van der Waals surface area contributed by atoms with Crippen LogP contribution < -0.4 is 0 Å². The molecule has 0 bridgehead atoms. The van der Waals surface area contributed by atoms with Gasteiger partial charge in [0, 0.05) is 5.92 Å². The fraction of sp³-hybridized carbons (Fsp3) is 0.948. The van der Waals surface area contributed by atoms with Crippen LogP contribution in [-0.4, -0.2) is 263 Å². The second-order valence-electron chi connectivity index (χ2n) is 28.2. The van der Waals surface area contributed by atoms with Crippen LogP contribution in [0.2, 0.25) is 0 Å². The van der Waals surface area contributed by atoms with E-state index in [1.807, 2.05) is 13.8 Å². The normalized spacial score (nSPS) is 54.6. The van der Waals surface area contributed by atoms with Crippen LogP contribution in [0.5, 0.6) is 0 Å². The van der Waals surface area contributed by atoms with E-state index < -0.39 is 207 Å². The summed E-state index contributed by atoms with van der Waals surface area (Å²) in [5.41, 5.74) is -2.77. The van der Waals surface area contributed by atoms with Crippen LogP contribution in [0.15, 0.2) is 11.6 Å². The Labute approximate surface area is 488 Å². The van der Waals surface area contributed by atoms with E-state index in [0.29, 0.717) is 25.7 Å². The first kappa shape index (κ1) is 65.2. The molecule has 26 heteroatoms. The van der Waals surface area contributed by atoms with Crippen LogP contribution in [0.1, 0.15) is 113 Å². The van der Waals surface area contributed by atoms with Gasteiger partial charge in [-0.3, -0.25) is 4.79 Å². The number of fused-ring (bicyclic) bond motifs is 7. The average molecular weight is 1210 g/mol. The number of rotatable bonds is 12. The highest BCUT2D eigenvalue weighted by molar-refractivity contribution is 5.79. The van der Waals surface area contributed by atoms with Gasteiger partial charge in [-0.15, -0.1) is 0 Å². The Balaban J connectivity index is 0.894. The Bertz CT molecular complexity index is 2350. The van der Waals surface area contributed by atoms with Gasteiger partial charge in [0.05, 0.1) is 50.2 Å². The minimum Gasteiger partial charge on any atom is -0.432 e. The number of hydrogen-bond donors (Lipinski definition) is 15. The molecule has 0 unspecified atom stereocenters. The SMILES string of the molecule is C[C@@H]1O[C@@H](O[C@H]2[C@H](OC(=O)[C@]34CCC(C)(C)[C@@H](O)[C@H]3C3=CC[C@H]5[C@@]6(C)CC[C@H](O[C@@H]7OC[C@H](O)[C@H](O[C@@H]8O[C@H](CO)[C@@H](O)[C@H](O)[C@H]8O)[C@H]7O)C(C)(C)[C@H]6CC[C@@]5(C)[C@]3(C)CC4)O[C@H](CO[C@@H]3OC[C@@H](O)[C@H](O)[C@H]3O)[C@@H](O)[C@@H]2O)[C@H](O)[C@H](O)[C@H]1O. The predicted molar refractivity (Wildman–Crippen MR) is 283 cm³/mol. The third-order valence-corrected chi connectivity index (χ3v) is 22.9. The van der Waals surface area contributed by atoms with Gasteiger partial charge in [0.1, 0.15) is 97.7 Å². The molecule has 5 heterocycles. The lowest BCUT2D eigenvalue weighted by Crippen LogP contribution is -2.68. The van der Waals surface area contributed by atoms with Gasteiger partial charge in [0.25, 0.3) is 0 Å². The number of esters is 1. The summed E-state index contributed by atoms with van der Waals surface area (Å²) in [6, 6.07) is 0. The molecule has 5 saturated heterocycles. The molecule has 4 saturated carbocycles. The summed E-state index contributed by atoms with van der Waals surface area (Å²) in [5, 5.41) is 163. The van der Waals surface area contributed by atoms with Crippen molar-refractivity contribution >= 4 is 5.97 Å². The lowest BCUT2D eigenvalue weighted by Gasteiger charge is -2.71. The summed E-state index contributed by atoms with van der Waals surface area (Å²) in [4.78, 5) is 15.6. The summed E-state index contributed by atoms with van der Waals surface area (Å²) in [5.74, 6) is -1.34. The van der Waals surface area contributed by atoms with Crippen LogP contribution in [0.3, 0.4) is 0 Å². The molecule has 9 fully saturated rings. The highest BCUT2D eigenvalue weighted by atomic mass is 16.8. The molecule has 0 radical (unpaired) electrons. The minimum atomic E-state index is -1.95. The zero-order chi connectivity index (χ0) is 61.3. The molecule has 5 aliphatic carbocycles. The molecular weight excluding hydrogens is 1110 g/mol. The summed E-state index contributed by atoms with van der Waals surface area (Å²) in [7, 11) is 0. The summed E-state index contributed by atoms with van der Waals surface area (Å²) >= 11 is 0. The van der Waals surface area contributed by atoms with E-state index in [1.54, 1.807) is 0 Å². The summed E-state index contributed by atoms with van der Waals surface area (Å²) in [6.07, 6.45) is -31.2. The number of carbonyl (C=O) groups excluding carboxylic acids is 1. The standard InChI is InChI=1S/C58H94O26/c1-23-33(62)37(66)41(70)49(78-23)83-45-39(68)36(65)28(22-77-47-40(69)34(63)25(60)20-75-47)80-51(45)84-52(74)58-17-15-53(2,3)46(73)32(58)24-9-10-30-55(6)13-12-31(54(4,5)29(55)11-14-57(30,8)56(24,7)16-18-58)81-48-43(72)44(26(61)21-76-48)82-50-42(71)38(67)35(64)27(19-59)79-50/h9,23,25-51,59-73H,10-22H2,1-8H3/t23-,25+,26-,27+,28+,29+,30-,31-,32+,33-,34-,35+,36+,37+,38-,39-,40+,41+,42+,43+,44-,45+,46-,47-,48-,49-,50-,51-,55-,56+,57+,58-/m0/s1. The summed E-state index contributed by atoms with van der Waals surface area (Å²) < 4.78 is 59.6. The maximum absolute atomic E-state index is 15.6. The molecule has 10 rings (SSSR count). The molecule has 84 heavy (non-hydrogen) atoms. The van der Waals surface area contributed by atoms with Crippen molar-refractivity contribution in [1.29, 1.82) is 0 Å². The van der Waals surface area contributed by atoms with Crippen molar-refractivity contribution in [3.63, 3.8) is 0 Å². The Morgan fingerprint density at radius 1 is 0.560 bits per heavy atom. The smallest absolute Gasteiger partial charge is 0.315 e. The first-order chi connectivity index (χ1) is 39.3. The molecule has 15 N–H and O–H groups in total. The molecule has 0 aromatic rings. The van der Waals surface area contributed by atoms with Gasteiger partial charge in [-0.25, -0.2) is 0 Å². The lowest BCUT2D eigenvalue weighted by atomic mass is 9.33. The highest BCUT2D eigenvalue weighted by Crippen LogP contribution is 2.76. The van der Waals surface area contributed by atoms with Gasteiger partial charge in [0.2, 0.25) is 6.29 Å². The highest BCUT2D eigenvalue weighted by Gasteiger charge is 2.72. The molecule has 0 aromatic heterocycles. The molecule has 0 spiro atoms. The third-order valence-electron chi connectivity index (χ3n) is 22.9. The number of aliphatic hydroxyl groups excluding tert-OH is 15. The average Bonchev–Trinajstić information content (AvgIpc) is 0.716. The first-order valence-corrected chi connectivity index (χ1v) is 30.1. The summed E-state index contributed by atoms with van der Waals surface area (Å²) in [6.45, 7) is 14.6. The van der Waals surface area contributed by atoms with Crippen LogP contribution in [0.25, 0.3) is 0 Å². The maximum Gasteiger partial charge on any atom is 0.315 e. The fourth-order valence-electron chi connectivity index (χ4n) is 17.3. The van der Waals surface area contributed by atoms with Gasteiger partial charge in [-0.05, 0) is 104 Å². The molecule has 0 aromatic carbocycles. The van der Waals surface area contributed by atoms with E-state index in [4.69, 9.17) is 47.4 Å². The first-order valence-electron chi connectivity index (χ1n) is 30.1.